The second kappa shape index (κ2) is 7.58. The average Bonchev–Trinajstić information content (AvgIpc) is 2.34. The first-order valence-corrected chi connectivity index (χ1v) is 6.85. The number of nitrogens with two attached hydrogens (primary N) is 1. The van der Waals surface area contributed by atoms with E-state index in [0.717, 1.165) is 19.4 Å². The van der Waals surface area contributed by atoms with Crippen molar-refractivity contribution in [2.45, 2.75) is 12.8 Å². The Morgan fingerprint density at radius 3 is 2.37 bits per heavy atom. The van der Waals surface area contributed by atoms with E-state index in [9.17, 15) is 4.79 Å². The predicted molar refractivity (Wildman–Crippen MR) is 81.0 cm³/mol. The Morgan fingerprint density at radius 1 is 1.26 bits per heavy atom. The van der Waals surface area contributed by atoms with Gasteiger partial charge in [0.15, 0.2) is 0 Å². The van der Waals surface area contributed by atoms with Gasteiger partial charge in [-0.3, -0.25) is 4.79 Å². The van der Waals surface area contributed by atoms with Gasteiger partial charge in [-0.25, -0.2) is 0 Å². The molecule has 0 fully saturated rings. The standard InChI is InChI=1S/C13H19Cl2N3O/c1-18(2)6-4-3-5-17-13(19)9-7-10(14)12(16)11(15)8-9/h7-8H,3-6,16H2,1-2H3,(H,17,19). The van der Waals surface area contributed by atoms with E-state index < -0.39 is 0 Å². The number of nitrogens with zero attached hydrogens (tertiary/aromatic N) is 1. The molecule has 0 radical (unpaired) electrons. The molecule has 19 heavy (non-hydrogen) atoms. The van der Waals surface area contributed by atoms with E-state index in [-0.39, 0.29) is 5.91 Å². The summed E-state index contributed by atoms with van der Waals surface area (Å²) >= 11 is 11.8. The summed E-state index contributed by atoms with van der Waals surface area (Å²) in [6.45, 7) is 1.64. The van der Waals surface area contributed by atoms with Gasteiger partial charge in [-0.15, -0.1) is 0 Å². The van der Waals surface area contributed by atoms with Crippen LogP contribution in [-0.2, 0) is 0 Å². The van der Waals surface area contributed by atoms with E-state index in [0.29, 0.717) is 27.8 Å². The highest BCUT2D eigenvalue weighted by molar-refractivity contribution is 6.39. The zero-order chi connectivity index (χ0) is 14.4. The molecule has 0 aliphatic carbocycles. The van der Waals surface area contributed by atoms with Crippen LogP contribution in [0.4, 0.5) is 5.69 Å². The summed E-state index contributed by atoms with van der Waals surface area (Å²) in [6.07, 6.45) is 1.97. The zero-order valence-electron chi connectivity index (χ0n) is 11.2. The first-order valence-electron chi connectivity index (χ1n) is 6.09. The SMILES string of the molecule is CN(C)CCCCNC(=O)c1cc(Cl)c(N)c(Cl)c1. The van der Waals surface area contributed by atoms with Crippen molar-refractivity contribution in [2.75, 3.05) is 32.9 Å². The van der Waals surface area contributed by atoms with Crippen LogP contribution in [-0.4, -0.2) is 38.0 Å². The van der Waals surface area contributed by atoms with Crippen LogP contribution < -0.4 is 11.1 Å². The van der Waals surface area contributed by atoms with E-state index in [1.165, 1.54) is 12.1 Å². The normalized spacial score (nSPS) is 10.8. The van der Waals surface area contributed by atoms with E-state index in [2.05, 4.69) is 10.2 Å². The number of nitrogens with one attached hydrogen (secondary N) is 1. The predicted octanol–water partition coefficient (Wildman–Crippen LogP) is 2.65. The maximum Gasteiger partial charge on any atom is 0.251 e. The van der Waals surface area contributed by atoms with Crippen molar-refractivity contribution in [1.82, 2.24) is 10.2 Å². The van der Waals surface area contributed by atoms with Gasteiger partial charge in [0.1, 0.15) is 0 Å². The lowest BCUT2D eigenvalue weighted by molar-refractivity contribution is 0.0953. The number of hydrogen-bond donors (Lipinski definition) is 2. The van der Waals surface area contributed by atoms with E-state index in [1.54, 1.807) is 0 Å². The lowest BCUT2D eigenvalue weighted by Gasteiger charge is -2.10. The van der Waals surface area contributed by atoms with Crippen molar-refractivity contribution in [3.8, 4) is 0 Å². The van der Waals surface area contributed by atoms with Gasteiger partial charge in [0.2, 0.25) is 0 Å². The smallest absolute Gasteiger partial charge is 0.251 e. The summed E-state index contributed by atoms with van der Waals surface area (Å²) in [7, 11) is 4.05. The summed E-state index contributed by atoms with van der Waals surface area (Å²) in [5.41, 5.74) is 6.34. The van der Waals surface area contributed by atoms with Gasteiger partial charge in [-0.05, 0) is 45.6 Å². The first kappa shape index (κ1) is 16.1. The van der Waals surface area contributed by atoms with Crippen molar-refractivity contribution < 1.29 is 4.79 Å². The minimum atomic E-state index is -0.186. The molecule has 0 saturated heterocycles. The minimum absolute atomic E-state index is 0.186. The minimum Gasteiger partial charge on any atom is -0.396 e. The molecule has 1 aromatic rings. The molecule has 0 atom stereocenters. The summed E-state index contributed by atoms with van der Waals surface area (Å²) in [4.78, 5) is 14.0. The Kier molecular flexibility index (Phi) is 6.42. The molecule has 6 heteroatoms. The average molecular weight is 304 g/mol. The third kappa shape index (κ3) is 5.27. The lowest BCUT2D eigenvalue weighted by atomic mass is 10.2. The maximum absolute atomic E-state index is 11.9. The molecule has 0 aliphatic heterocycles. The number of halogens is 2. The van der Waals surface area contributed by atoms with Gasteiger partial charge in [0.25, 0.3) is 5.91 Å². The van der Waals surface area contributed by atoms with Crippen molar-refractivity contribution in [1.29, 1.82) is 0 Å². The Labute approximate surface area is 123 Å². The van der Waals surface area contributed by atoms with Crippen LogP contribution in [0.2, 0.25) is 10.0 Å². The molecule has 0 aliphatic rings. The highest BCUT2D eigenvalue weighted by Crippen LogP contribution is 2.28. The van der Waals surface area contributed by atoms with Gasteiger partial charge in [-0.2, -0.15) is 0 Å². The Balaban J connectivity index is 2.46. The van der Waals surface area contributed by atoms with Gasteiger partial charge >= 0.3 is 0 Å². The molecule has 0 aromatic heterocycles. The number of carbonyl (C=O) groups excluding carboxylic acids is 1. The fourth-order valence-electron chi connectivity index (χ4n) is 1.57. The summed E-state index contributed by atoms with van der Waals surface area (Å²) in [6, 6.07) is 3.05. The van der Waals surface area contributed by atoms with E-state index in [4.69, 9.17) is 28.9 Å². The number of nitrogen functional groups attached to an aromatic ring is 1. The first-order chi connectivity index (χ1) is 8.91. The highest BCUT2D eigenvalue weighted by atomic mass is 35.5. The lowest BCUT2D eigenvalue weighted by Crippen LogP contribution is -2.25. The summed E-state index contributed by atoms with van der Waals surface area (Å²) in [5, 5.41) is 3.42. The summed E-state index contributed by atoms with van der Waals surface area (Å²) < 4.78 is 0. The second-order valence-electron chi connectivity index (χ2n) is 4.62. The molecule has 0 unspecified atom stereocenters. The third-order valence-corrected chi connectivity index (χ3v) is 3.28. The van der Waals surface area contributed by atoms with E-state index in [1.807, 2.05) is 14.1 Å². The van der Waals surface area contributed by atoms with Gasteiger partial charge in [-0.1, -0.05) is 23.2 Å². The molecule has 1 rings (SSSR count). The van der Waals surface area contributed by atoms with Crippen LogP contribution in [0, 0.1) is 0 Å². The third-order valence-electron chi connectivity index (χ3n) is 2.66. The molecule has 0 saturated carbocycles. The topological polar surface area (TPSA) is 58.4 Å². The molecular formula is C13H19Cl2N3O. The highest BCUT2D eigenvalue weighted by Gasteiger charge is 2.10. The molecule has 3 N–H and O–H groups in total. The summed E-state index contributed by atoms with van der Waals surface area (Å²) in [5.74, 6) is -0.186. The largest absolute Gasteiger partial charge is 0.396 e. The van der Waals surface area contributed by atoms with Crippen LogP contribution >= 0.6 is 23.2 Å². The van der Waals surface area contributed by atoms with Crippen molar-refractivity contribution in [2.24, 2.45) is 0 Å². The fourth-order valence-corrected chi connectivity index (χ4v) is 2.06. The monoisotopic (exact) mass is 303 g/mol. The maximum atomic E-state index is 11.9. The van der Waals surface area contributed by atoms with Crippen LogP contribution in [0.5, 0.6) is 0 Å². The van der Waals surface area contributed by atoms with Crippen molar-refractivity contribution in [3.63, 3.8) is 0 Å². The van der Waals surface area contributed by atoms with Crippen molar-refractivity contribution >= 4 is 34.8 Å². The molecular weight excluding hydrogens is 285 g/mol. The molecule has 0 spiro atoms. The van der Waals surface area contributed by atoms with Crippen molar-refractivity contribution in [3.05, 3.63) is 27.7 Å². The molecule has 0 bridgehead atoms. The molecule has 0 heterocycles. The second-order valence-corrected chi connectivity index (χ2v) is 5.43. The van der Waals surface area contributed by atoms with Crippen LogP contribution in [0.3, 0.4) is 0 Å². The number of rotatable bonds is 6. The Morgan fingerprint density at radius 2 is 1.84 bits per heavy atom. The van der Waals surface area contributed by atoms with Gasteiger partial charge < -0.3 is 16.0 Å². The quantitative estimate of drug-likeness (QED) is 0.627. The van der Waals surface area contributed by atoms with E-state index >= 15 is 0 Å². The molecule has 1 aromatic carbocycles. The number of unbranched alkanes of at least 4 members (excludes halogenated alkanes) is 1. The number of amides is 1. The number of benzene rings is 1. The number of anilines is 1. The number of carbonyl (C=O) groups is 1. The number of hydrogen-bond acceptors (Lipinski definition) is 3. The Bertz CT molecular complexity index is 427. The van der Waals surface area contributed by atoms with Gasteiger partial charge in [0.05, 0.1) is 15.7 Å². The Hall–Kier alpha value is -0.970. The van der Waals surface area contributed by atoms with Crippen LogP contribution in [0.25, 0.3) is 0 Å². The molecule has 106 valence electrons. The molecule has 1 amide bonds. The molecule has 4 nitrogen and oxygen atoms in total. The van der Waals surface area contributed by atoms with Crippen LogP contribution in [0.15, 0.2) is 12.1 Å². The fraction of sp³-hybridized carbons (Fsp3) is 0.462. The zero-order valence-corrected chi connectivity index (χ0v) is 12.7. The van der Waals surface area contributed by atoms with Gasteiger partial charge in [0, 0.05) is 12.1 Å². The van der Waals surface area contributed by atoms with Crippen LogP contribution in [0.1, 0.15) is 23.2 Å².